The number of rotatable bonds is 6. The van der Waals surface area contributed by atoms with E-state index in [0.29, 0.717) is 23.2 Å². The lowest BCUT2D eigenvalue weighted by atomic mass is 10.1. The van der Waals surface area contributed by atoms with Crippen LogP contribution < -0.4 is 27.4 Å². The molecule has 7 N–H and O–H groups in total. The Morgan fingerprint density at radius 3 is 2.36 bits per heavy atom. The Kier molecular flexibility index (Phi) is 6.34. The standard InChI is InChI=1S/C22H28N6/c1-16(26-13-10-22(25)17-2-4-18(23)5-3-17)27-20-6-8-21(9-7-20)28-14-11-19(24)12-15-28/h2-10,13,19,27H,1,11-12,14-15,23-25H2/b22-10-,26-13?. The van der Waals surface area contributed by atoms with Gasteiger partial charge >= 0.3 is 0 Å². The fourth-order valence-electron chi connectivity index (χ4n) is 3.09. The SMILES string of the molecule is C=C(N=C/C=C(\N)c1ccc(N)cc1)Nc1ccc(N2CCC(N)CC2)cc1. The molecule has 0 radical (unpaired) electrons. The molecule has 0 atom stereocenters. The summed E-state index contributed by atoms with van der Waals surface area (Å²) in [6.07, 6.45) is 5.45. The zero-order valence-electron chi connectivity index (χ0n) is 16.0. The molecule has 0 aliphatic carbocycles. The largest absolute Gasteiger partial charge is 0.399 e. The van der Waals surface area contributed by atoms with Crippen molar-refractivity contribution in [1.29, 1.82) is 0 Å². The van der Waals surface area contributed by atoms with E-state index < -0.39 is 0 Å². The first-order valence-electron chi connectivity index (χ1n) is 9.43. The minimum Gasteiger partial charge on any atom is -0.399 e. The average Bonchev–Trinajstić information content (AvgIpc) is 2.70. The molecule has 0 amide bonds. The van der Waals surface area contributed by atoms with Crippen LogP contribution in [0, 0.1) is 0 Å². The highest BCUT2D eigenvalue weighted by Crippen LogP contribution is 2.22. The number of benzene rings is 2. The Bertz CT molecular complexity index is 844. The molecule has 0 spiro atoms. The number of aliphatic imine (C=N–C) groups is 1. The summed E-state index contributed by atoms with van der Waals surface area (Å²) in [7, 11) is 0. The van der Waals surface area contributed by atoms with Crippen LogP contribution in [0.2, 0.25) is 0 Å². The number of hydrogen-bond acceptors (Lipinski definition) is 6. The van der Waals surface area contributed by atoms with Crippen molar-refractivity contribution >= 4 is 29.0 Å². The number of anilines is 3. The van der Waals surface area contributed by atoms with Gasteiger partial charge in [0, 0.05) is 48.1 Å². The summed E-state index contributed by atoms with van der Waals surface area (Å²) in [4.78, 5) is 6.65. The fourth-order valence-corrected chi connectivity index (χ4v) is 3.09. The van der Waals surface area contributed by atoms with Crippen LogP contribution in [0.25, 0.3) is 5.70 Å². The molecular formula is C22H28N6. The quantitative estimate of drug-likeness (QED) is 0.458. The van der Waals surface area contributed by atoms with Crippen LogP contribution in [0.4, 0.5) is 17.1 Å². The smallest absolute Gasteiger partial charge is 0.122 e. The van der Waals surface area contributed by atoms with Crippen molar-refractivity contribution < 1.29 is 0 Å². The first kappa shape index (κ1) is 19.5. The predicted molar refractivity (Wildman–Crippen MR) is 120 cm³/mol. The number of nitrogens with one attached hydrogen (secondary N) is 1. The Balaban J connectivity index is 1.53. The summed E-state index contributed by atoms with van der Waals surface area (Å²) < 4.78 is 0. The van der Waals surface area contributed by atoms with Crippen LogP contribution in [-0.2, 0) is 0 Å². The first-order chi connectivity index (χ1) is 13.5. The lowest BCUT2D eigenvalue weighted by Crippen LogP contribution is -2.39. The van der Waals surface area contributed by atoms with E-state index in [1.54, 1.807) is 12.3 Å². The van der Waals surface area contributed by atoms with Crippen molar-refractivity contribution in [1.82, 2.24) is 0 Å². The van der Waals surface area contributed by atoms with Crippen molar-refractivity contribution in [3.63, 3.8) is 0 Å². The maximum absolute atomic E-state index is 6.05. The Labute approximate surface area is 166 Å². The third-order valence-corrected chi connectivity index (χ3v) is 4.79. The van der Waals surface area contributed by atoms with Crippen LogP contribution in [0.3, 0.4) is 0 Å². The van der Waals surface area contributed by atoms with Gasteiger partial charge in [-0.25, -0.2) is 4.99 Å². The molecule has 1 aliphatic rings. The lowest BCUT2D eigenvalue weighted by Gasteiger charge is -2.32. The summed E-state index contributed by atoms with van der Waals surface area (Å²) in [5.41, 5.74) is 22.1. The molecule has 2 aromatic carbocycles. The zero-order valence-corrected chi connectivity index (χ0v) is 16.0. The van der Waals surface area contributed by atoms with Crippen molar-refractivity contribution in [3.05, 3.63) is 72.6 Å². The average molecular weight is 377 g/mol. The molecule has 1 heterocycles. The molecule has 3 rings (SSSR count). The van der Waals surface area contributed by atoms with Gasteiger partial charge in [0.2, 0.25) is 0 Å². The molecule has 6 nitrogen and oxygen atoms in total. The molecule has 0 bridgehead atoms. The van der Waals surface area contributed by atoms with Gasteiger partial charge in [-0.2, -0.15) is 0 Å². The van der Waals surface area contributed by atoms with Crippen LogP contribution in [-0.4, -0.2) is 25.3 Å². The number of nitrogens with zero attached hydrogens (tertiary/aromatic N) is 2. The van der Waals surface area contributed by atoms with E-state index in [0.717, 1.165) is 37.2 Å². The minimum absolute atomic E-state index is 0.335. The molecule has 1 saturated heterocycles. The third-order valence-electron chi connectivity index (χ3n) is 4.79. The maximum Gasteiger partial charge on any atom is 0.122 e. The van der Waals surface area contributed by atoms with Gasteiger partial charge in [-0.1, -0.05) is 18.7 Å². The van der Waals surface area contributed by atoms with Gasteiger partial charge in [0.15, 0.2) is 0 Å². The molecular weight excluding hydrogens is 348 g/mol. The molecule has 28 heavy (non-hydrogen) atoms. The summed E-state index contributed by atoms with van der Waals surface area (Å²) in [5.74, 6) is 0.540. The molecule has 1 aliphatic heterocycles. The number of piperidine rings is 1. The van der Waals surface area contributed by atoms with Gasteiger partial charge in [-0.3, -0.25) is 0 Å². The minimum atomic E-state index is 0.335. The summed E-state index contributed by atoms with van der Waals surface area (Å²) in [6.45, 7) is 5.95. The predicted octanol–water partition coefficient (Wildman–Crippen LogP) is 3.15. The van der Waals surface area contributed by atoms with Crippen LogP contribution in [0.15, 0.2) is 72.0 Å². The molecule has 146 valence electrons. The second-order valence-corrected chi connectivity index (χ2v) is 6.97. The molecule has 1 fully saturated rings. The normalized spacial score (nSPS) is 15.8. The highest BCUT2D eigenvalue weighted by Gasteiger charge is 2.16. The zero-order chi connectivity index (χ0) is 19.9. The van der Waals surface area contributed by atoms with Crippen molar-refractivity contribution in [2.45, 2.75) is 18.9 Å². The Morgan fingerprint density at radius 1 is 1.07 bits per heavy atom. The van der Waals surface area contributed by atoms with Gasteiger partial charge in [-0.15, -0.1) is 0 Å². The molecule has 2 aromatic rings. The summed E-state index contributed by atoms with van der Waals surface area (Å²) in [6, 6.07) is 16.0. The summed E-state index contributed by atoms with van der Waals surface area (Å²) in [5, 5.41) is 3.18. The Hall–Kier alpha value is -3.25. The van der Waals surface area contributed by atoms with Gasteiger partial charge in [0.25, 0.3) is 0 Å². The fraction of sp³-hybridized carbons (Fsp3) is 0.227. The van der Waals surface area contributed by atoms with E-state index in [4.69, 9.17) is 17.2 Å². The van der Waals surface area contributed by atoms with Crippen LogP contribution in [0.5, 0.6) is 0 Å². The number of nitrogen functional groups attached to an aromatic ring is 1. The van der Waals surface area contributed by atoms with E-state index >= 15 is 0 Å². The van der Waals surface area contributed by atoms with E-state index in [2.05, 4.69) is 33.9 Å². The van der Waals surface area contributed by atoms with E-state index in [1.165, 1.54) is 5.69 Å². The lowest BCUT2D eigenvalue weighted by molar-refractivity contribution is 0.501. The summed E-state index contributed by atoms with van der Waals surface area (Å²) >= 11 is 0. The van der Waals surface area contributed by atoms with Crippen molar-refractivity contribution in [2.24, 2.45) is 16.5 Å². The Morgan fingerprint density at radius 2 is 1.71 bits per heavy atom. The van der Waals surface area contributed by atoms with Gasteiger partial charge in [0.1, 0.15) is 5.82 Å². The number of hydrogen-bond donors (Lipinski definition) is 4. The van der Waals surface area contributed by atoms with Gasteiger partial charge in [-0.05, 0) is 60.9 Å². The second-order valence-electron chi connectivity index (χ2n) is 6.97. The third kappa shape index (κ3) is 5.37. The molecule has 0 saturated carbocycles. The van der Waals surface area contributed by atoms with Crippen molar-refractivity contribution in [2.75, 3.05) is 29.0 Å². The first-order valence-corrected chi connectivity index (χ1v) is 9.43. The highest BCUT2D eigenvalue weighted by atomic mass is 15.1. The highest BCUT2D eigenvalue weighted by molar-refractivity contribution is 5.84. The monoisotopic (exact) mass is 376 g/mol. The van der Waals surface area contributed by atoms with E-state index in [-0.39, 0.29) is 0 Å². The number of nitrogens with two attached hydrogens (primary N) is 3. The maximum atomic E-state index is 6.05. The van der Waals surface area contributed by atoms with E-state index in [1.807, 2.05) is 36.4 Å². The van der Waals surface area contributed by atoms with Gasteiger partial charge in [0.05, 0.1) is 0 Å². The van der Waals surface area contributed by atoms with Crippen LogP contribution in [0.1, 0.15) is 18.4 Å². The van der Waals surface area contributed by atoms with Gasteiger partial charge < -0.3 is 27.4 Å². The molecule has 0 unspecified atom stereocenters. The molecule has 6 heteroatoms. The topological polar surface area (TPSA) is 106 Å². The van der Waals surface area contributed by atoms with Crippen molar-refractivity contribution in [3.8, 4) is 0 Å². The van der Waals surface area contributed by atoms with Crippen LogP contribution >= 0.6 is 0 Å². The second kappa shape index (κ2) is 9.10. The van der Waals surface area contributed by atoms with E-state index in [9.17, 15) is 0 Å². The molecule has 0 aromatic heterocycles. The number of allylic oxidation sites excluding steroid dienone is 1.